The Kier molecular flexibility index (Phi) is 5.51. The van der Waals surface area contributed by atoms with E-state index in [1.807, 2.05) is 6.07 Å². The lowest BCUT2D eigenvalue weighted by molar-refractivity contribution is -0.189. The average molecular weight is 466 g/mol. The Morgan fingerprint density at radius 3 is 2.81 bits per heavy atom. The summed E-state index contributed by atoms with van der Waals surface area (Å²) in [7, 11) is 0. The standard InChI is InChI=1S/C20H15ClF3N5O3/c1-10(20(22,23)24)31-19-14(21)7-11(8-26-19)18-27-17(28-32-18)13-3-2-4-15-12(13)5-6-29(15)9-16(25)30/h2-8,10H,9H2,1H3,(H2,25,30)/t10-/m0/s1. The number of benzene rings is 1. The largest absolute Gasteiger partial charge is 0.464 e. The highest BCUT2D eigenvalue weighted by atomic mass is 35.5. The fourth-order valence-corrected chi connectivity index (χ4v) is 3.25. The Morgan fingerprint density at radius 1 is 1.34 bits per heavy atom. The number of hydrogen-bond acceptors (Lipinski definition) is 6. The number of carbonyl (C=O) groups excluding carboxylic acids is 1. The fourth-order valence-electron chi connectivity index (χ4n) is 3.04. The summed E-state index contributed by atoms with van der Waals surface area (Å²) in [6.45, 7) is 0.878. The van der Waals surface area contributed by atoms with Gasteiger partial charge in [-0.3, -0.25) is 4.79 Å². The summed E-state index contributed by atoms with van der Waals surface area (Å²) in [5.41, 5.74) is 7.00. The van der Waals surface area contributed by atoms with Crippen LogP contribution in [0.3, 0.4) is 0 Å². The molecule has 3 aromatic heterocycles. The summed E-state index contributed by atoms with van der Waals surface area (Å²) in [4.78, 5) is 19.5. The summed E-state index contributed by atoms with van der Waals surface area (Å²) >= 11 is 6.03. The van der Waals surface area contributed by atoms with Gasteiger partial charge in [-0.15, -0.1) is 0 Å². The van der Waals surface area contributed by atoms with Gasteiger partial charge in [0, 0.05) is 28.9 Å². The molecule has 0 unspecified atom stereocenters. The summed E-state index contributed by atoms with van der Waals surface area (Å²) in [5.74, 6) is -0.500. The molecule has 4 aromatic rings. The zero-order valence-corrected chi connectivity index (χ0v) is 17.2. The minimum absolute atomic E-state index is 0.0238. The van der Waals surface area contributed by atoms with Gasteiger partial charge in [-0.25, -0.2) is 4.98 Å². The zero-order chi connectivity index (χ0) is 23.0. The molecule has 3 heterocycles. The second-order valence-corrected chi connectivity index (χ2v) is 7.29. The Morgan fingerprint density at radius 2 is 2.12 bits per heavy atom. The Bertz CT molecular complexity index is 1300. The van der Waals surface area contributed by atoms with Crippen molar-refractivity contribution < 1.29 is 27.2 Å². The SMILES string of the molecule is C[C@H](Oc1ncc(-c2nc(-c3cccc4c3ccn4CC(N)=O)no2)cc1Cl)C(F)(F)F. The maximum Gasteiger partial charge on any atom is 0.425 e. The molecule has 0 radical (unpaired) electrons. The van der Waals surface area contributed by atoms with Gasteiger partial charge in [0.1, 0.15) is 11.6 Å². The monoisotopic (exact) mass is 465 g/mol. The van der Waals surface area contributed by atoms with Crippen molar-refractivity contribution in [2.75, 3.05) is 0 Å². The molecule has 0 bridgehead atoms. The van der Waals surface area contributed by atoms with Crippen LogP contribution < -0.4 is 10.5 Å². The number of hydrogen-bond donors (Lipinski definition) is 1. The summed E-state index contributed by atoms with van der Waals surface area (Å²) < 4.78 is 49.9. The van der Waals surface area contributed by atoms with Crippen LogP contribution in [0.1, 0.15) is 6.92 Å². The summed E-state index contributed by atoms with van der Waals surface area (Å²) in [5, 5.41) is 4.62. The van der Waals surface area contributed by atoms with E-state index in [0.717, 1.165) is 17.8 Å². The van der Waals surface area contributed by atoms with Crippen molar-refractivity contribution in [3.63, 3.8) is 0 Å². The van der Waals surface area contributed by atoms with Gasteiger partial charge >= 0.3 is 6.18 Å². The molecule has 8 nitrogen and oxygen atoms in total. The molecule has 12 heteroatoms. The van der Waals surface area contributed by atoms with Crippen molar-refractivity contribution in [1.29, 1.82) is 0 Å². The van der Waals surface area contributed by atoms with E-state index >= 15 is 0 Å². The van der Waals surface area contributed by atoms with Crippen molar-refractivity contribution >= 4 is 28.4 Å². The van der Waals surface area contributed by atoms with Crippen LogP contribution in [0.15, 0.2) is 47.2 Å². The van der Waals surface area contributed by atoms with Crippen LogP contribution in [0, 0.1) is 0 Å². The lowest BCUT2D eigenvalue weighted by Crippen LogP contribution is -2.31. The number of ether oxygens (including phenoxy) is 1. The molecular weight excluding hydrogens is 451 g/mol. The fraction of sp³-hybridized carbons (Fsp3) is 0.200. The lowest BCUT2D eigenvalue weighted by Gasteiger charge is -2.17. The van der Waals surface area contributed by atoms with Gasteiger partial charge in [0.15, 0.2) is 6.10 Å². The number of primary amides is 1. The van der Waals surface area contributed by atoms with Gasteiger partial charge in [-0.1, -0.05) is 28.9 Å². The Balaban J connectivity index is 1.63. The van der Waals surface area contributed by atoms with E-state index in [0.29, 0.717) is 11.1 Å². The first-order valence-corrected chi connectivity index (χ1v) is 9.61. The van der Waals surface area contributed by atoms with Gasteiger partial charge in [-0.05, 0) is 25.1 Å². The molecule has 1 amide bonds. The van der Waals surface area contributed by atoms with Crippen LogP contribution in [0.5, 0.6) is 5.88 Å². The number of amides is 1. The van der Waals surface area contributed by atoms with Gasteiger partial charge in [-0.2, -0.15) is 18.2 Å². The summed E-state index contributed by atoms with van der Waals surface area (Å²) in [6.07, 6.45) is -3.67. The third kappa shape index (κ3) is 4.24. The molecule has 0 saturated heterocycles. The van der Waals surface area contributed by atoms with Crippen LogP contribution in [-0.2, 0) is 11.3 Å². The van der Waals surface area contributed by atoms with E-state index < -0.39 is 18.2 Å². The Hall–Kier alpha value is -3.60. The molecule has 2 N–H and O–H groups in total. The number of halogens is 4. The first-order chi connectivity index (χ1) is 15.1. The molecule has 1 atom stereocenters. The van der Waals surface area contributed by atoms with E-state index in [4.69, 9.17) is 26.6 Å². The molecule has 0 aliphatic carbocycles. The van der Waals surface area contributed by atoms with E-state index in [2.05, 4.69) is 15.1 Å². The van der Waals surface area contributed by atoms with Gasteiger partial charge in [0.25, 0.3) is 5.89 Å². The van der Waals surface area contributed by atoms with E-state index in [-0.39, 0.29) is 29.2 Å². The van der Waals surface area contributed by atoms with Crippen molar-refractivity contribution in [1.82, 2.24) is 19.7 Å². The molecule has 1 aromatic carbocycles. The number of rotatable bonds is 6. The smallest absolute Gasteiger partial charge is 0.425 e. The minimum atomic E-state index is -4.55. The molecule has 166 valence electrons. The van der Waals surface area contributed by atoms with Crippen molar-refractivity contribution in [3.05, 3.63) is 47.7 Å². The molecule has 32 heavy (non-hydrogen) atoms. The topological polar surface area (TPSA) is 109 Å². The molecule has 0 aliphatic heterocycles. The number of nitrogens with zero attached hydrogens (tertiary/aromatic N) is 4. The average Bonchev–Trinajstić information content (AvgIpc) is 3.36. The number of pyridine rings is 1. The van der Waals surface area contributed by atoms with Crippen LogP contribution in [-0.4, -0.2) is 37.9 Å². The van der Waals surface area contributed by atoms with Gasteiger partial charge in [0.2, 0.25) is 17.6 Å². The predicted octanol–water partition coefficient (Wildman–Crippen LogP) is 4.22. The van der Waals surface area contributed by atoms with Crippen molar-refractivity contribution in [3.8, 4) is 28.7 Å². The highest BCUT2D eigenvalue weighted by molar-refractivity contribution is 6.32. The third-order valence-electron chi connectivity index (χ3n) is 4.61. The molecular formula is C20H15ClF3N5O3. The van der Waals surface area contributed by atoms with Gasteiger partial charge < -0.3 is 19.6 Å². The van der Waals surface area contributed by atoms with Crippen LogP contribution in [0.2, 0.25) is 5.02 Å². The lowest BCUT2D eigenvalue weighted by atomic mass is 10.1. The number of aromatic nitrogens is 4. The zero-order valence-electron chi connectivity index (χ0n) is 16.4. The predicted molar refractivity (Wildman–Crippen MR) is 109 cm³/mol. The van der Waals surface area contributed by atoms with E-state index in [1.54, 1.807) is 29.0 Å². The molecule has 0 aliphatic rings. The number of carbonyl (C=O) groups is 1. The van der Waals surface area contributed by atoms with Crippen LogP contribution in [0.25, 0.3) is 33.7 Å². The number of fused-ring (bicyclic) bond motifs is 1. The first-order valence-electron chi connectivity index (χ1n) is 9.23. The maximum absolute atomic E-state index is 12.7. The van der Waals surface area contributed by atoms with Crippen LogP contribution in [0.4, 0.5) is 13.2 Å². The minimum Gasteiger partial charge on any atom is -0.464 e. The van der Waals surface area contributed by atoms with E-state index in [9.17, 15) is 18.0 Å². The highest BCUT2D eigenvalue weighted by Gasteiger charge is 2.38. The van der Waals surface area contributed by atoms with Crippen molar-refractivity contribution in [2.24, 2.45) is 5.73 Å². The highest BCUT2D eigenvalue weighted by Crippen LogP contribution is 2.33. The van der Waals surface area contributed by atoms with Crippen LogP contribution >= 0.6 is 11.6 Å². The number of nitrogens with two attached hydrogens (primary N) is 1. The second-order valence-electron chi connectivity index (χ2n) is 6.88. The van der Waals surface area contributed by atoms with Gasteiger partial charge in [0.05, 0.1) is 5.56 Å². The molecule has 0 fully saturated rings. The second kappa shape index (κ2) is 8.15. The normalized spacial score (nSPS) is 12.8. The third-order valence-corrected chi connectivity index (χ3v) is 4.88. The molecule has 0 saturated carbocycles. The Labute approximate surface area is 183 Å². The summed E-state index contributed by atoms with van der Waals surface area (Å²) in [6, 6.07) is 8.52. The molecule has 0 spiro atoms. The van der Waals surface area contributed by atoms with E-state index in [1.165, 1.54) is 12.3 Å². The number of alkyl halides is 3. The molecule has 4 rings (SSSR count). The first kappa shape index (κ1) is 21.6. The van der Waals surface area contributed by atoms with Crippen molar-refractivity contribution in [2.45, 2.75) is 25.7 Å². The quantitative estimate of drug-likeness (QED) is 0.456. The maximum atomic E-state index is 12.7.